The van der Waals surface area contributed by atoms with Crippen LogP contribution in [0.3, 0.4) is 0 Å². The fourth-order valence-corrected chi connectivity index (χ4v) is 0. The Balaban J connectivity index is -0.00000000970. The average Bonchev–Trinajstić information content (AvgIpc) is 1.12. The maximum atomic E-state index is 6.94. The summed E-state index contributed by atoms with van der Waals surface area (Å²) in [4.78, 5) is 0. The first-order chi connectivity index (χ1) is 4.00. The van der Waals surface area contributed by atoms with Gasteiger partial charge in [0, 0.05) is 0 Å². The number of hydrogen-bond acceptors (Lipinski definition) is 0. The third-order valence-corrected chi connectivity index (χ3v) is 0. The van der Waals surface area contributed by atoms with Crippen molar-refractivity contribution < 1.29 is 46.5 Å². The van der Waals surface area contributed by atoms with Crippen molar-refractivity contribution in [3.05, 3.63) is 26.3 Å². The first kappa shape index (κ1) is 52.9. The van der Waals surface area contributed by atoms with Gasteiger partial charge in [0.05, 0.1) is 0 Å². The Morgan fingerprint density at radius 1 is 0.625 bits per heavy atom. The molecule has 0 aliphatic heterocycles. The number of nitrogens with one attached hydrogen (secondary N) is 2. The van der Waals surface area contributed by atoms with Crippen LogP contribution in [0.4, 0.5) is 0 Å². The summed E-state index contributed by atoms with van der Waals surface area (Å²) >= 11 is 0. The van der Waals surface area contributed by atoms with E-state index in [0.29, 0.717) is 0 Å². The second-order valence-corrected chi connectivity index (χ2v) is 4.50. The summed E-state index contributed by atoms with van der Waals surface area (Å²) in [6, 6.07) is 0. The van der Waals surface area contributed by atoms with Crippen molar-refractivity contribution in [2.45, 2.75) is 52.6 Å². The predicted molar refractivity (Wildman–Crippen MR) is 72.3 cm³/mol. The van der Waals surface area contributed by atoms with E-state index in [2.05, 4.69) is 0 Å². The maximum absolute atomic E-state index is 6.94. The van der Waals surface area contributed by atoms with E-state index in [9.17, 15) is 0 Å². The van der Waals surface area contributed by atoms with Crippen molar-refractivity contribution in [2.75, 3.05) is 0 Å². The fraction of sp³-hybridized carbons (Fsp3) is 0.800. The first-order valence-corrected chi connectivity index (χ1v) is 3.50. The van der Waals surface area contributed by atoms with Crippen molar-refractivity contribution in [1.29, 1.82) is 0 Å². The van der Waals surface area contributed by atoms with Crippen LogP contribution in [-0.2, 0) is 21.7 Å². The zero-order valence-corrected chi connectivity index (χ0v) is 14.3. The zero-order valence-electron chi connectivity index (χ0n) is 11.3. The van der Waals surface area contributed by atoms with Crippen LogP contribution in [0.1, 0.15) is 41.5 Å². The third-order valence-electron chi connectivity index (χ3n) is 0. The molecule has 0 radical (unpaired) electrons. The van der Waals surface area contributed by atoms with Gasteiger partial charge in [0.25, 0.3) is 0 Å². The molecule has 16 heavy (non-hydrogen) atoms. The van der Waals surface area contributed by atoms with Gasteiger partial charge in [-0.2, -0.15) is 0 Å². The molecule has 0 spiro atoms. The SMILES string of the molecule is CC(C)(C)[NH-].CC(C)(C)[NH-].[CH3-].[CH3-].[Cl-].[Cl-].[SiH4].[Ti+2]. The Hall–Kier alpha value is 1.43. The summed E-state index contributed by atoms with van der Waals surface area (Å²) in [5.74, 6) is 0. The third kappa shape index (κ3) is 1570. The van der Waals surface area contributed by atoms with E-state index in [1.807, 2.05) is 41.5 Å². The van der Waals surface area contributed by atoms with Gasteiger partial charge in [-0.1, -0.05) is 41.5 Å². The van der Waals surface area contributed by atoms with Gasteiger partial charge in [-0.3, -0.25) is 0 Å². The molecule has 2 nitrogen and oxygen atoms in total. The summed E-state index contributed by atoms with van der Waals surface area (Å²) < 4.78 is 0. The van der Waals surface area contributed by atoms with Crippen LogP contribution in [0.2, 0.25) is 0 Å². The second kappa shape index (κ2) is 21.7. The first-order valence-electron chi connectivity index (χ1n) is 3.50. The maximum Gasteiger partial charge on any atom is 2.00 e. The van der Waals surface area contributed by atoms with Crippen LogP contribution in [0.5, 0.6) is 0 Å². The van der Waals surface area contributed by atoms with Crippen LogP contribution < -0.4 is 24.8 Å². The fourth-order valence-electron chi connectivity index (χ4n) is 0. The molecule has 0 aliphatic rings. The van der Waals surface area contributed by atoms with E-state index >= 15 is 0 Å². The van der Waals surface area contributed by atoms with Crippen molar-refractivity contribution in [3.63, 3.8) is 0 Å². The molecule has 0 rings (SSSR count). The van der Waals surface area contributed by atoms with E-state index in [0.717, 1.165) is 0 Å². The van der Waals surface area contributed by atoms with Crippen molar-refractivity contribution >= 4 is 11.0 Å². The monoisotopic (exact) mass is 324 g/mol. The molecule has 0 aliphatic carbocycles. The number of rotatable bonds is 0. The Morgan fingerprint density at radius 2 is 0.625 bits per heavy atom. The summed E-state index contributed by atoms with van der Waals surface area (Å²) in [5, 5.41) is 0. The van der Waals surface area contributed by atoms with E-state index in [1.165, 1.54) is 0 Å². The molecule has 0 fully saturated rings. The molecule has 0 atom stereocenters. The van der Waals surface area contributed by atoms with Gasteiger partial charge in [-0.25, -0.2) is 0 Å². The van der Waals surface area contributed by atoms with Crippen molar-refractivity contribution in [2.24, 2.45) is 0 Å². The van der Waals surface area contributed by atoms with E-state index < -0.39 is 0 Å². The van der Waals surface area contributed by atoms with Crippen LogP contribution in [0.15, 0.2) is 0 Å². The van der Waals surface area contributed by atoms with E-state index in [-0.39, 0.29) is 83.4 Å². The quantitative estimate of drug-likeness (QED) is 0.340. The molecule has 0 aromatic carbocycles. The smallest absolute Gasteiger partial charge is 1.00 e. The van der Waals surface area contributed by atoms with Gasteiger partial charge in [0.2, 0.25) is 0 Å². The molecular formula is C10H30Cl2N2SiTi-4. The van der Waals surface area contributed by atoms with Gasteiger partial charge in [0.15, 0.2) is 0 Å². The normalized spacial score (nSPS) is 7.50. The molecule has 0 bridgehead atoms. The van der Waals surface area contributed by atoms with Gasteiger partial charge in [-0.05, 0) is 11.0 Å². The molecular weight excluding hydrogens is 295 g/mol. The van der Waals surface area contributed by atoms with E-state index in [4.69, 9.17) is 11.5 Å². The molecule has 0 aromatic rings. The zero-order chi connectivity index (χ0) is 9.00. The predicted octanol–water partition coefficient (Wildman–Crippen LogP) is -2.87. The van der Waals surface area contributed by atoms with Gasteiger partial charge in [-0.15, -0.1) is 11.1 Å². The molecule has 0 saturated heterocycles. The van der Waals surface area contributed by atoms with Crippen LogP contribution >= 0.6 is 0 Å². The largest absolute Gasteiger partial charge is 2.00 e. The minimum absolute atomic E-state index is 0. The Kier molecular flexibility index (Phi) is 71.7. The van der Waals surface area contributed by atoms with E-state index in [1.54, 1.807) is 0 Å². The molecule has 0 aromatic heterocycles. The summed E-state index contributed by atoms with van der Waals surface area (Å²) in [6.07, 6.45) is 0. The minimum atomic E-state index is -0.250. The van der Waals surface area contributed by atoms with Gasteiger partial charge >= 0.3 is 21.7 Å². The van der Waals surface area contributed by atoms with Gasteiger partial charge < -0.3 is 51.1 Å². The van der Waals surface area contributed by atoms with Crippen LogP contribution in [0, 0.1) is 14.9 Å². The standard InChI is InChI=1S/2C4H10N.2CH3.2ClH.H4Si.Ti/c2*1-4(2,3)5;;;;;;/h2*5H,1-3H3;2*1H3;2*1H;1H4;/q4*-1;;;;+2/p-2. The number of halogens is 2. The summed E-state index contributed by atoms with van der Waals surface area (Å²) in [5.41, 5.74) is 13.4. The van der Waals surface area contributed by atoms with Crippen molar-refractivity contribution in [1.82, 2.24) is 0 Å². The molecule has 0 heterocycles. The molecule has 2 N–H and O–H groups in total. The van der Waals surface area contributed by atoms with Crippen LogP contribution in [0.25, 0.3) is 11.5 Å². The van der Waals surface area contributed by atoms with Crippen molar-refractivity contribution in [3.8, 4) is 0 Å². The molecule has 0 unspecified atom stereocenters. The Morgan fingerprint density at radius 3 is 0.625 bits per heavy atom. The molecule has 6 heteroatoms. The average molecular weight is 325 g/mol. The molecule has 0 saturated carbocycles. The summed E-state index contributed by atoms with van der Waals surface area (Å²) in [7, 11) is 0. The summed E-state index contributed by atoms with van der Waals surface area (Å²) in [6.45, 7) is 11.1. The van der Waals surface area contributed by atoms with Gasteiger partial charge in [0.1, 0.15) is 0 Å². The number of hydrogen-bond donors (Lipinski definition) is 0. The Labute approximate surface area is 136 Å². The Bertz CT molecular complexity index is 69.8. The molecule has 0 amide bonds. The molecule has 106 valence electrons. The van der Waals surface area contributed by atoms with Crippen LogP contribution in [-0.4, -0.2) is 22.0 Å². The minimum Gasteiger partial charge on any atom is -1.00 e. The second-order valence-electron chi connectivity index (χ2n) is 4.50. The topological polar surface area (TPSA) is 47.6 Å².